The monoisotopic (exact) mass is 166 g/mol. The van der Waals surface area contributed by atoms with Crippen molar-refractivity contribution in [1.29, 1.82) is 0 Å². The highest BCUT2D eigenvalue weighted by Crippen LogP contribution is 2.10. The summed E-state index contributed by atoms with van der Waals surface area (Å²) in [6.45, 7) is 2.09. The van der Waals surface area contributed by atoms with Gasteiger partial charge in [0.05, 0.1) is 5.69 Å². The average Bonchev–Trinajstić information content (AvgIpc) is 2.06. The van der Waals surface area contributed by atoms with Gasteiger partial charge < -0.3 is 10.8 Å². The van der Waals surface area contributed by atoms with Crippen molar-refractivity contribution < 1.29 is 5.11 Å². The second kappa shape index (κ2) is 4.18. The maximum Gasteiger partial charge on any atom is 0.0572 e. The van der Waals surface area contributed by atoms with E-state index < -0.39 is 0 Å². The van der Waals surface area contributed by atoms with Gasteiger partial charge in [-0.3, -0.25) is 4.98 Å². The van der Waals surface area contributed by atoms with E-state index in [1.165, 1.54) is 0 Å². The molecule has 66 valence electrons. The summed E-state index contributed by atoms with van der Waals surface area (Å²) >= 11 is 0. The average molecular weight is 166 g/mol. The molecule has 0 spiro atoms. The van der Waals surface area contributed by atoms with Crippen LogP contribution in [0, 0.1) is 6.92 Å². The van der Waals surface area contributed by atoms with E-state index in [0.29, 0.717) is 6.42 Å². The molecular weight excluding hydrogens is 152 g/mol. The number of nitrogens with zero attached hydrogens (tertiary/aromatic N) is 1. The van der Waals surface area contributed by atoms with Gasteiger partial charge in [0.25, 0.3) is 0 Å². The van der Waals surface area contributed by atoms with Crippen LogP contribution in [0.25, 0.3) is 0 Å². The number of hydrogen-bond acceptors (Lipinski definition) is 3. The van der Waals surface area contributed by atoms with Crippen LogP contribution in [0.2, 0.25) is 0 Å². The van der Waals surface area contributed by atoms with E-state index in [1.54, 1.807) is 6.20 Å². The fourth-order valence-electron chi connectivity index (χ4n) is 0.986. The molecule has 12 heavy (non-hydrogen) atoms. The predicted molar refractivity (Wildman–Crippen MR) is 47.6 cm³/mol. The van der Waals surface area contributed by atoms with Gasteiger partial charge >= 0.3 is 0 Å². The normalized spacial score (nSPS) is 12.9. The van der Waals surface area contributed by atoms with Gasteiger partial charge in [0.15, 0.2) is 0 Å². The largest absolute Gasteiger partial charge is 0.396 e. The third kappa shape index (κ3) is 2.29. The van der Waals surface area contributed by atoms with E-state index in [0.717, 1.165) is 11.3 Å². The van der Waals surface area contributed by atoms with Crippen LogP contribution in [0.5, 0.6) is 0 Å². The Labute approximate surface area is 72.2 Å². The molecule has 0 fully saturated rings. The molecule has 1 heterocycles. The van der Waals surface area contributed by atoms with Crippen LogP contribution < -0.4 is 5.73 Å². The van der Waals surface area contributed by atoms with Crippen LogP contribution >= 0.6 is 0 Å². The first-order valence-electron chi connectivity index (χ1n) is 4.03. The summed E-state index contributed by atoms with van der Waals surface area (Å²) in [4.78, 5) is 4.16. The van der Waals surface area contributed by atoms with Crippen LogP contribution in [-0.4, -0.2) is 16.7 Å². The minimum absolute atomic E-state index is 0.108. The second-order valence-electron chi connectivity index (χ2n) is 2.88. The molecule has 0 aliphatic heterocycles. The molecule has 1 rings (SSSR count). The van der Waals surface area contributed by atoms with Crippen molar-refractivity contribution >= 4 is 0 Å². The zero-order valence-electron chi connectivity index (χ0n) is 7.20. The number of hydrogen-bond donors (Lipinski definition) is 2. The molecule has 0 aliphatic rings. The number of aryl methyl sites for hydroxylation is 1. The molecule has 3 N–H and O–H groups in total. The van der Waals surface area contributed by atoms with E-state index in [9.17, 15) is 0 Å². The Balaban J connectivity index is 2.68. The first-order valence-corrected chi connectivity index (χ1v) is 4.03. The van der Waals surface area contributed by atoms with Gasteiger partial charge in [0.2, 0.25) is 0 Å². The standard InChI is InChI=1S/C9H14N2O/c1-7-2-3-9(11-6-7)8(10)4-5-12/h2-3,6,8,12H,4-5,10H2,1H3. The second-order valence-corrected chi connectivity index (χ2v) is 2.88. The fourth-order valence-corrected chi connectivity index (χ4v) is 0.986. The van der Waals surface area contributed by atoms with Crippen molar-refractivity contribution in [3.63, 3.8) is 0 Å². The Morgan fingerprint density at radius 1 is 1.58 bits per heavy atom. The van der Waals surface area contributed by atoms with Crippen LogP contribution in [0.3, 0.4) is 0 Å². The van der Waals surface area contributed by atoms with Gasteiger partial charge in [-0.15, -0.1) is 0 Å². The first-order chi connectivity index (χ1) is 5.74. The quantitative estimate of drug-likeness (QED) is 0.697. The van der Waals surface area contributed by atoms with Gasteiger partial charge in [0, 0.05) is 18.8 Å². The van der Waals surface area contributed by atoms with Crippen molar-refractivity contribution in [3.05, 3.63) is 29.6 Å². The Hall–Kier alpha value is -0.930. The number of rotatable bonds is 3. The van der Waals surface area contributed by atoms with Crippen molar-refractivity contribution in [2.45, 2.75) is 19.4 Å². The summed E-state index contributed by atoms with van der Waals surface area (Å²) in [5.41, 5.74) is 7.70. The number of aliphatic hydroxyl groups excluding tert-OH is 1. The van der Waals surface area contributed by atoms with Crippen molar-refractivity contribution in [2.75, 3.05) is 6.61 Å². The fraction of sp³-hybridized carbons (Fsp3) is 0.444. The van der Waals surface area contributed by atoms with Gasteiger partial charge in [-0.1, -0.05) is 6.07 Å². The highest BCUT2D eigenvalue weighted by molar-refractivity contribution is 5.14. The molecule has 0 aliphatic carbocycles. The minimum atomic E-state index is -0.143. The summed E-state index contributed by atoms with van der Waals surface area (Å²) in [5.74, 6) is 0. The Kier molecular flexibility index (Phi) is 3.19. The molecule has 0 saturated carbocycles. The zero-order valence-corrected chi connectivity index (χ0v) is 7.20. The SMILES string of the molecule is Cc1ccc(C(N)CCO)nc1. The molecule has 3 nitrogen and oxygen atoms in total. The third-order valence-corrected chi connectivity index (χ3v) is 1.75. The number of pyridine rings is 1. The Morgan fingerprint density at radius 3 is 2.83 bits per heavy atom. The summed E-state index contributed by atoms with van der Waals surface area (Å²) in [6.07, 6.45) is 2.35. The molecule has 0 saturated heterocycles. The van der Waals surface area contributed by atoms with E-state index in [2.05, 4.69) is 4.98 Å². The minimum Gasteiger partial charge on any atom is -0.396 e. The van der Waals surface area contributed by atoms with Gasteiger partial charge in [-0.05, 0) is 25.0 Å². The van der Waals surface area contributed by atoms with Crippen LogP contribution in [0.4, 0.5) is 0 Å². The van der Waals surface area contributed by atoms with E-state index >= 15 is 0 Å². The summed E-state index contributed by atoms with van der Waals surface area (Å²) in [7, 11) is 0. The maximum atomic E-state index is 8.64. The molecule has 0 aromatic carbocycles. The van der Waals surface area contributed by atoms with Crippen LogP contribution in [0.15, 0.2) is 18.3 Å². The van der Waals surface area contributed by atoms with Gasteiger partial charge in [-0.2, -0.15) is 0 Å². The molecule has 0 radical (unpaired) electrons. The predicted octanol–water partition coefficient (Wildman–Crippen LogP) is 0.772. The highest BCUT2D eigenvalue weighted by Gasteiger charge is 2.04. The lowest BCUT2D eigenvalue weighted by Gasteiger charge is -2.08. The van der Waals surface area contributed by atoms with Crippen LogP contribution in [-0.2, 0) is 0 Å². The van der Waals surface area contributed by atoms with Crippen LogP contribution in [0.1, 0.15) is 23.7 Å². The van der Waals surface area contributed by atoms with E-state index in [-0.39, 0.29) is 12.6 Å². The van der Waals surface area contributed by atoms with Gasteiger partial charge in [-0.25, -0.2) is 0 Å². The lowest BCUT2D eigenvalue weighted by molar-refractivity contribution is 0.275. The lowest BCUT2D eigenvalue weighted by atomic mass is 10.1. The third-order valence-electron chi connectivity index (χ3n) is 1.75. The molecule has 0 bridgehead atoms. The number of aromatic nitrogens is 1. The van der Waals surface area contributed by atoms with Crippen molar-refractivity contribution in [2.24, 2.45) is 5.73 Å². The molecular formula is C9H14N2O. The topological polar surface area (TPSA) is 59.1 Å². The maximum absolute atomic E-state index is 8.64. The summed E-state index contributed by atoms with van der Waals surface area (Å²) in [5, 5.41) is 8.64. The molecule has 1 unspecified atom stereocenters. The summed E-state index contributed by atoms with van der Waals surface area (Å²) < 4.78 is 0. The van der Waals surface area contributed by atoms with E-state index in [4.69, 9.17) is 10.8 Å². The molecule has 0 amide bonds. The van der Waals surface area contributed by atoms with Crippen molar-refractivity contribution in [3.8, 4) is 0 Å². The first kappa shape index (κ1) is 9.16. The highest BCUT2D eigenvalue weighted by atomic mass is 16.3. The molecule has 3 heteroatoms. The van der Waals surface area contributed by atoms with E-state index in [1.807, 2.05) is 19.1 Å². The Morgan fingerprint density at radius 2 is 2.33 bits per heavy atom. The smallest absolute Gasteiger partial charge is 0.0572 e. The van der Waals surface area contributed by atoms with Crippen molar-refractivity contribution in [1.82, 2.24) is 4.98 Å². The molecule has 1 atom stereocenters. The van der Waals surface area contributed by atoms with Gasteiger partial charge in [0.1, 0.15) is 0 Å². The lowest BCUT2D eigenvalue weighted by Crippen LogP contribution is -2.13. The number of aliphatic hydroxyl groups is 1. The molecule has 1 aromatic heterocycles. The Bertz CT molecular complexity index is 233. The summed E-state index contributed by atoms with van der Waals surface area (Å²) in [6, 6.07) is 3.73. The zero-order chi connectivity index (χ0) is 8.97. The number of nitrogens with two attached hydrogens (primary N) is 1. The molecule has 1 aromatic rings.